The molecule has 1 aliphatic heterocycles. The molecule has 0 spiro atoms. The summed E-state index contributed by atoms with van der Waals surface area (Å²) in [5.74, 6) is 0.264. The number of Topliss-reactive ketones (excluding diaryl/α,β-unsaturated/α-hetero) is 1. The SMILES string of the molecule is CCN1CCN(CC(=O)c2cccs2)CC1. The summed E-state index contributed by atoms with van der Waals surface area (Å²) in [5, 5.41) is 1.96. The highest BCUT2D eigenvalue weighted by atomic mass is 32.1. The fourth-order valence-electron chi connectivity index (χ4n) is 1.98. The minimum absolute atomic E-state index is 0.264. The number of ketones is 1. The van der Waals surface area contributed by atoms with Crippen LogP contribution in [0.3, 0.4) is 0 Å². The number of nitrogens with zero attached hydrogens (tertiary/aromatic N) is 2. The number of hydrogen-bond donors (Lipinski definition) is 0. The van der Waals surface area contributed by atoms with Crippen molar-refractivity contribution < 1.29 is 4.79 Å². The van der Waals surface area contributed by atoms with Gasteiger partial charge in [-0.1, -0.05) is 13.0 Å². The van der Waals surface area contributed by atoms with Gasteiger partial charge in [0.2, 0.25) is 0 Å². The summed E-state index contributed by atoms with van der Waals surface area (Å²) in [4.78, 5) is 17.4. The van der Waals surface area contributed by atoms with Crippen molar-refractivity contribution in [1.29, 1.82) is 0 Å². The van der Waals surface area contributed by atoms with Crippen LogP contribution in [0.1, 0.15) is 16.6 Å². The summed E-state index contributed by atoms with van der Waals surface area (Å²) in [6, 6.07) is 3.85. The van der Waals surface area contributed by atoms with Gasteiger partial charge < -0.3 is 4.90 Å². The third-order valence-electron chi connectivity index (χ3n) is 3.08. The molecule has 1 aromatic heterocycles. The van der Waals surface area contributed by atoms with E-state index in [1.54, 1.807) is 0 Å². The average molecular weight is 238 g/mol. The van der Waals surface area contributed by atoms with Crippen LogP contribution in [0.25, 0.3) is 0 Å². The maximum atomic E-state index is 11.9. The Kier molecular flexibility index (Phi) is 4.09. The molecule has 0 saturated carbocycles. The van der Waals surface area contributed by atoms with Crippen LogP contribution in [-0.2, 0) is 0 Å². The predicted octanol–water partition coefficient (Wildman–Crippen LogP) is 1.57. The fraction of sp³-hybridized carbons (Fsp3) is 0.583. The molecule has 88 valence electrons. The molecule has 0 bridgehead atoms. The monoisotopic (exact) mass is 238 g/mol. The standard InChI is InChI=1S/C12H18N2OS/c1-2-13-5-7-14(8-6-13)10-11(15)12-4-3-9-16-12/h3-4,9H,2,5-8,10H2,1H3. The highest BCUT2D eigenvalue weighted by Crippen LogP contribution is 2.11. The lowest BCUT2D eigenvalue weighted by Crippen LogP contribution is -2.47. The van der Waals surface area contributed by atoms with Crippen molar-refractivity contribution in [3.05, 3.63) is 22.4 Å². The zero-order valence-corrected chi connectivity index (χ0v) is 10.5. The maximum Gasteiger partial charge on any atom is 0.186 e. The minimum atomic E-state index is 0.264. The summed E-state index contributed by atoms with van der Waals surface area (Å²) in [7, 11) is 0. The van der Waals surface area contributed by atoms with Gasteiger partial charge in [0.1, 0.15) is 0 Å². The quantitative estimate of drug-likeness (QED) is 0.744. The molecule has 0 aliphatic carbocycles. The van der Waals surface area contributed by atoms with E-state index in [9.17, 15) is 4.79 Å². The van der Waals surface area contributed by atoms with E-state index in [1.165, 1.54) is 11.3 Å². The molecule has 0 unspecified atom stereocenters. The van der Waals surface area contributed by atoms with E-state index >= 15 is 0 Å². The first-order valence-corrected chi connectivity index (χ1v) is 6.69. The zero-order chi connectivity index (χ0) is 11.4. The summed E-state index contributed by atoms with van der Waals surface area (Å²) < 4.78 is 0. The number of carbonyl (C=O) groups is 1. The van der Waals surface area contributed by atoms with Crippen molar-refractivity contribution in [2.45, 2.75) is 6.92 Å². The van der Waals surface area contributed by atoms with Gasteiger partial charge in [0.05, 0.1) is 11.4 Å². The van der Waals surface area contributed by atoms with Gasteiger partial charge in [-0.15, -0.1) is 11.3 Å². The third kappa shape index (κ3) is 2.90. The molecular weight excluding hydrogens is 220 g/mol. The fourth-order valence-corrected chi connectivity index (χ4v) is 2.64. The highest BCUT2D eigenvalue weighted by molar-refractivity contribution is 7.12. The van der Waals surface area contributed by atoms with Crippen LogP contribution in [0.4, 0.5) is 0 Å². The zero-order valence-electron chi connectivity index (χ0n) is 9.69. The summed E-state index contributed by atoms with van der Waals surface area (Å²) in [6.45, 7) is 8.11. The predicted molar refractivity (Wildman–Crippen MR) is 67.2 cm³/mol. The van der Waals surface area contributed by atoms with Gasteiger partial charge in [-0.2, -0.15) is 0 Å². The molecule has 0 aromatic carbocycles. The first-order chi connectivity index (χ1) is 7.79. The molecule has 1 saturated heterocycles. The van der Waals surface area contributed by atoms with Crippen LogP contribution in [0.5, 0.6) is 0 Å². The maximum absolute atomic E-state index is 11.9. The van der Waals surface area contributed by atoms with Gasteiger partial charge in [-0.3, -0.25) is 9.69 Å². The third-order valence-corrected chi connectivity index (χ3v) is 3.99. The number of likely N-dealkylation sites (N-methyl/N-ethyl adjacent to an activating group) is 1. The first-order valence-electron chi connectivity index (χ1n) is 5.81. The van der Waals surface area contributed by atoms with Crippen molar-refractivity contribution in [1.82, 2.24) is 9.80 Å². The molecule has 16 heavy (non-hydrogen) atoms. The van der Waals surface area contributed by atoms with Crippen LogP contribution in [0.15, 0.2) is 17.5 Å². The minimum Gasteiger partial charge on any atom is -0.301 e. The number of rotatable bonds is 4. The molecule has 2 rings (SSSR count). The molecule has 3 nitrogen and oxygen atoms in total. The summed E-state index contributed by atoms with van der Waals surface area (Å²) >= 11 is 1.54. The van der Waals surface area contributed by atoms with Crippen LogP contribution in [-0.4, -0.2) is 54.9 Å². The topological polar surface area (TPSA) is 23.6 Å². The Balaban J connectivity index is 1.81. The van der Waals surface area contributed by atoms with E-state index in [4.69, 9.17) is 0 Å². The molecule has 1 aliphatic rings. The molecule has 4 heteroatoms. The Hall–Kier alpha value is -0.710. The van der Waals surface area contributed by atoms with Crippen molar-refractivity contribution >= 4 is 17.1 Å². The second-order valence-corrected chi connectivity index (χ2v) is 5.06. The Labute approximate surface area is 101 Å². The van der Waals surface area contributed by atoms with Gasteiger partial charge in [-0.25, -0.2) is 0 Å². The molecule has 0 amide bonds. The van der Waals surface area contributed by atoms with Crippen molar-refractivity contribution in [2.24, 2.45) is 0 Å². The van der Waals surface area contributed by atoms with Crippen LogP contribution >= 0.6 is 11.3 Å². The molecular formula is C12H18N2OS. The van der Waals surface area contributed by atoms with E-state index in [0.717, 1.165) is 37.6 Å². The summed E-state index contributed by atoms with van der Waals surface area (Å²) in [5.41, 5.74) is 0. The van der Waals surface area contributed by atoms with Gasteiger partial charge >= 0.3 is 0 Å². The second-order valence-electron chi connectivity index (χ2n) is 4.11. The Morgan fingerprint density at radius 1 is 1.31 bits per heavy atom. The number of piperazine rings is 1. The van der Waals surface area contributed by atoms with Crippen LogP contribution in [0.2, 0.25) is 0 Å². The lowest BCUT2D eigenvalue weighted by atomic mass is 10.2. The normalized spacial score (nSPS) is 18.8. The number of thiophene rings is 1. The highest BCUT2D eigenvalue weighted by Gasteiger charge is 2.18. The molecule has 0 radical (unpaired) electrons. The number of hydrogen-bond acceptors (Lipinski definition) is 4. The van der Waals surface area contributed by atoms with E-state index in [-0.39, 0.29) is 5.78 Å². The molecule has 1 fully saturated rings. The molecule has 2 heterocycles. The largest absolute Gasteiger partial charge is 0.301 e. The summed E-state index contributed by atoms with van der Waals surface area (Å²) in [6.07, 6.45) is 0. The van der Waals surface area contributed by atoms with E-state index < -0.39 is 0 Å². The Bertz CT molecular complexity index is 329. The smallest absolute Gasteiger partial charge is 0.186 e. The number of carbonyl (C=O) groups excluding carboxylic acids is 1. The lowest BCUT2D eigenvalue weighted by molar-refractivity contribution is 0.0863. The molecule has 1 aromatic rings. The van der Waals surface area contributed by atoms with E-state index in [1.807, 2.05) is 17.5 Å². The first kappa shape index (κ1) is 11.8. The van der Waals surface area contributed by atoms with Gasteiger partial charge in [0.25, 0.3) is 0 Å². The second kappa shape index (κ2) is 5.57. The van der Waals surface area contributed by atoms with Crippen LogP contribution < -0.4 is 0 Å². The Morgan fingerprint density at radius 2 is 2.00 bits per heavy atom. The van der Waals surface area contributed by atoms with Crippen molar-refractivity contribution in [3.8, 4) is 0 Å². The van der Waals surface area contributed by atoms with Crippen molar-refractivity contribution in [3.63, 3.8) is 0 Å². The van der Waals surface area contributed by atoms with Gasteiger partial charge in [0, 0.05) is 26.2 Å². The molecule has 0 atom stereocenters. The Morgan fingerprint density at radius 3 is 2.56 bits per heavy atom. The van der Waals surface area contributed by atoms with Crippen LogP contribution in [0, 0.1) is 0 Å². The average Bonchev–Trinajstić information content (AvgIpc) is 2.83. The molecule has 0 N–H and O–H groups in total. The van der Waals surface area contributed by atoms with Gasteiger partial charge in [-0.05, 0) is 18.0 Å². The van der Waals surface area contributed by atoms with Crippen molar-refractivity contribution in [2.75, 3.05) is 39.3 Å². The van der Waals surface area contributed by atoms with E-state index in [0.29, 0.717) is 6.54 Å². The lowest BCUT2D eigenvalue weighted by Gasteiger charge is -2.33. The van der Waals surface area contributed by atoms with E-state index in [2.05, 4.69) is 16.7 Å². The van der Waals surface area contributed by atoms with Gasteiger partial charge in [0.15, 0.2) is 5.78 Å².